The molecule has 2 rings (SSSR count). The predicted molar refractivity (Wildman–Crippen MR) is 50.9 cm³/mol. The Balaban J connectivity index is 0.000000845. The third-order valence-electron chi connectivity index (χ3n) is 2.30. The van der Waals surface area contributed by atoms with Gasteiger partial charge in [-0.25, -0.2) is 4.79 Å². The second-order valence-corrected chi connectivity index (χ2v) is 3.68. The van der Waals surface area contributed by atoms with Gasteiger partial charge in [-0.2, -0.15) is 0 Å². The Hall–Kier alpha value is -0.480. The molecule has 0 unspecified atom stereocenters. The lowest BCUT2D eigenvalue weighted by Crippen LogP contribution is -2.44. The summed E-state index contributed by atoms with van der Waals surface area (Å²) in [6.45, 7) is 0. The van der Waals surface area contributed by atoms with E-state index in [0.717, 1.165) is 25.7 Å². The van der Waals surface area contributed by atoms with Crippen LogP contribution in [0.25, 0.3) is 0 Å². The molecule has 2 aliphatic carbocycles. The summed E-state index contributed by atoms with van der Waals surface area (Å²) in [6.07, 6.45) is 3.63. The SMILES string of the molecule is Cl.NC1CC(OC(=O)NC2CC2)C1. The normalized spacial score (nSPS) is 31.2. The molecule has 2 fully saturated rings. The minimum atomic E-state index is -0.269. The topological polar surface area (TPSA) is 64.3 Å². The van der Waals surface area contributed by atoms with Crippen LogP contribution in [0.5, 0.6) is 0 Å². The Morgan fingerprint density at radius 1 is 1.38 bits per heavy atom. The van der Waals surface area contributed by atoms with Crippen LogP contribution in [-0.4, -0.2) is 24.3 Å². The molecule has 0 atom stereocenters. The minimum Gasteiger partial charge on any atom is -0.446 e. The van der Waals surface area contributed by atoms with Crippen LogP contribution >= 0.6 is 12.4 Å². The van der Waals surface area contributed by atoms with Crippen molar-refractivity contribution in [1.82, 2.24) is 5.32 Å². The largest absolute Gasteiger partial charge is 0.446 e. The van der Waals surface area contributed by atoms with E-state index in [1.165, 1.54) is 0 Å². The van der Waals surface area contributed by atoms with Crippen molar-refractivity contribution < 1.29 is 9.53 Å². The monoisotopic (exact) mass is 206 g/mol. The van der Waals surface area contributed by atoms with Crippen molar-refractivity contribution in [2.75, 3.05) is 0 Å². The lowest BCUT2D eigenvalue weighted by Gasteiger charge is -2.31. The first-order valence-corrected chi connectivity index (χ1v) is 4.47. The van der Waals surface area contributed by atoms with E-state index in [-0.39, 0.29) is 30.6 Å². The Kier molecular flexibility index (Phi) is 3.39. The number of ether oxygens (including phenoxy) is 1. The molecule has 4 nitrogen and oxygen atoms in total. The van der Waals surface area contributed by atoms with Gasteiger partial charge in [0.25, 0.3) is 0 Å². The molecule has 0 saturated heterocycles. The number of nitrogens with one attached hydrogen (secondary N) is 1. The zero-order valence-electron chi connectivity index (χ0n) is 7.36. The molecule has 0 spiro atoms. The van der Waals surface area contributed by atoms with E-state index in [0.29, 0.717) is 6.04 Å². The summed E-state index contributed by atoms with van der Waals surface area (Å²) in [7, 11) is 0. The number of carbonyl (C=O) groups excluding carboxylic acids is 1. The van der Waals surface area contributed by atoms with Crippen LogP contribution < -0.4 is 11.1 Å². The van der Waals surface area contributed by atoms with E-state index < -0.39 is 0 Å². The summed E-state index contributed by atoms with van der Waals surface area (Å²) in [5.41, 5.74) is 5.55. The molecule has 5 heteroatoms. The van der Waals surface area contributed by atoms with Crippen molar-refractivity contribution in [2.45, 2.75) is 43.9 Å². The smallest absolute Gasteiger partial charge is 0.407 e. The fraction of sp³-hybridized carbons (Fsp3) is 0.875. The summed E-state index contributed by atoms with van der Waals surface area (Å²) in [6, 6.07) is 0.620. The van der Waals surface area contributed by atoms with Gasteiger partial charge in [0.1, 0.15) is 6.10 Å². The molecule has 0 aliphatic heterocycles. The zero-order chi connectivity index (χ0) is 8.55. The first-order valence-electron chi connectivity index (χ1n) is 4.47. The number of carbonyl (C=O) groups is 1. The Morgan fingerprint density at radius 2 is 2.00 bits per heavy atom. The summed E-state index contributed by atoms with van der Waals surface area (Å²) in [5.74, 6) is 0. The van der Waals surface area contributed by atoms with Crippen molar-refractivity contribution in [3.8, 4) is 0 Å². The second kappa shape index (κ2) is 4.15. The van der Waals surface area contributed by atoms with Crippen LogP contribution in [0.15, 0.2) is 0 Å². The fourth-order valence-corrected chi connectivity index (χ4v) is 1.28. The first kappa shape index (κ1) is 10.6. The van der Waals surface area contributed by atoms with Crippen molar-refractivity contribution in [3.63, 3.8) is 0 Å². The van der Waals surface area contributed by atoms with Crippen molar-refractivity contribution in [3.05, 3.63) is 0 Å². The average Bonchev–Trinajstić information content (AvgIpc) is 2.68. The molecule has 0 radical (unpaired) electrons. The third-order valence-corrected chi connectivity index (χ3v) is 2.30. The number of alkyl carbamates (subject to hydrolysis) is 1. The Labute approximate surface area is 83.6 Å². The lowest BCUT2D eigenvalue weighted by molar-refractivity contribution is 0.0410. The van der Waals surface area contributed by atoms with E-state index in [1.54, 1.807) is 0 Å². The van der Waals surface area contributed by atoms with Crippen LogP contribution in [0.1, 0.15) is 25.7 Å². The van der Waals surface area contributed by atoms with Crippen LogP contribution in [-0.2, 0) is 4.74 Å². The quantitative estimate of drug-likeness (QED) is 0.702. The van der Waals surface area contributed by atoms with Gasteiger partial charge in [-0.1, -0.05) is 0 Å². The molecule has 0 aromatic rings. The number of amides is 1. The highest BCUT2D eigenvalue weighted by molar-refractivity contribution is 5.85. The van der Waals surface area contributed by atoms with E-state index in [2.05, 4.69) is 5.32 Å². The number of nitrogens with two attached hydrogens (primary N) is 1. The van der Waals surface area contributed by atoms with E-state index in [9.17, 15) is 4.79 Å². The molecule has 3 N–H and O–H groups in total. The molecule has 0 bridgehead atoms. The zero-order valence-corrected chi connectivity index (χ0v) is 8.18. The number of halogens is 1. The summed E-state index contributed by atoms with van der Waals surface area (Å²) in [5, 5.41) is 2.77. The van der Waals surface area contributed by atoms with Crippen molar-refractivity contribution in [1.29, 1.82) is 0 Å². The maximum Gasteiger partial charge on any atom is 0.407 e. The van der Waals surface area contributed by atoms with E-state index >= 15 is 0 Å². The molecule has 1 amide bonds. The maximum absolute atomic E-state index is 11.0. The molecule has 13 heavy (non-hydrogen) atoms. The van der Waals surface area contributed by atoms with E-state index in [1.807, 2.05) is 0 Å². The highest BCUT2D eigenvalue weighted by atomic mass is 35.5. The number of rotatable bonds is 2. The molecular formula is C8H15ClN2O2. The van der Waals surface area contributed by atoms with Crippen molar-refractivity contribution >= 4 is 18.5 Å². The van der Waals surface area contributed by atoms with Crippen LogP contribution in [0.2, 0.25) is 0 Å². The van der Waals surface area contributed by atoms with Gasteiger partial charge in [-0.15, -0.1) is 12.4 Å². The van der Waals surface area contributed by atoms with Gasteiger partial charge in [0.05, 0.1) is 0 Å². The third kappa shape index (κ3) is 3.04. The van der Waals surface area contributed by atoms with Crippen LogP contribution in [0.4, 0.5) is 4.79 Å². The first-order chi connectivity index (χ1) is 5.74. The molecule has 76 valence electrons. The predicted octanol–water partition coefficient (Wildman–Crippen LogP) is 0.786. The van der Waals surface area contributed by atoms with E-state index in [4.69, 9.17) is 10.5 Å². The highest BCUT2D eigenvalue weighted by Crippen LogP contribution is 2.23. The number of hydrogen-bond donors (Lipinski definition) is 2. The lowest BCUT2D eigenvalue weighted by atomic mass is 9.90. The molecule has 0 aromatic carbocycles. The summed E-state index contributed by atoms with van der Waals surface area (Å²) < 4.78 is 5.08. The molecular weight excluding hydrogens is 192 g/mol. The molecule has 2 aliphatic rings. The van der Waals surface area contributed by atoms with Gasteiger partial charge in [-0.05, 0) is 25.7 Å². The molecule has 2 saturated carbocycles. The maximum atomic E-state index is 11.0. The van der Waals surface area contributed by atoms with Gasteiger partial charge in [0.2, 0.25) is 0 Å². The summed E-state index contributed by atoms with van der Waals surface area (Å²) >= 11 is 0. The minimum absolute atomic E-state index is 0. The van der Waals surface area contributed by atoms with Gasteiger partial charge in [0, 0.05) is 12.1 Å². The van der Waals surface area contributed by atoms with Gasteiger partial charge in [-0.3, -0.25) is 0 Å². The van der Waals surface area contributed by atoms with Gasteiger partial charge in [0.15, 0.2) is 0 Å². The van der Waals surface area contributed by atoms with Crippen molar-refractivity contribution in [2.24, 2.45) is 5.73 Å². The highest BCUT2D eigenvalue weighted by Gasteiger charge is 2.31. The Bertz CT molecular complexity index is 191. The molecule has 0 aromatic heterocycles. The van der Waals surface area contributed by atoms with Gasteiger partial charge >= 0.3 is 6.09 Å². The summed E-state index contributed by atoms with van der Waals surface area (Å²) in [4.78, 5) is 11.0. The fourth-order valence-electron chi connectivity index (χ4n) is 1.28. The Morgan fingerprint density at radius 3 is 2.46 bits per heavy atom. The van der Waals surface area contributed by atoms with Gasteiger partial charge < -0.3 is 15.8 Å². The number of hydrogen-bond acceptors (Lipinski definition) is 3. The second-order valence-electron chi connectivity index (χ2n) is 3.68. The average molecular weight is 207 g/mol. The standard InChI is InChI=1S/C8H14N2O2.ClH/c9-5-3-7(4-5)12-8(11)10-6-1-2-6;/h5-7H,1-4,9H2,(H,10,11);1H. The van der Waals surface area contributed by atoms with Crippen LogP contribution in [0.3, 0.4) is 0 Å². The molecule has 0 heterocycles. The van der Waals surface area contributed by atoms with Crippen LogP contribution in [0, 0.1) is 0 Å².